The van der Waals surface area contributed by atoms with Crippen molar-refractivity contribution in [2.24, 2.45) is 0 Å². The number of hydrogen-bond donors (Lipinski definition) is 1. The first kappa shape index (κ1) is 16.6. The summed E-state index contributed by atoms with van der Waals surface area (Å²) in [6.45, 7) is 6.79. The lowest BCUT2D eigenvalue weighted by Gasteiger charge is -2.34. The fourth-order valence-electron chi connectivity index (χ4n) is 2.28. The van der Waals surface area contributed by atoms with Crippen LogP contribution in [-0.2, 0) is 0 Å². The van der Waals surface area contributed by atoms with Gasteiger partial charge in [-0.15, -0.1) is 24.8 Å². The van der Waals surface area contributed by atoms with E-state index >= 15 is 0 Å². The quantitative estimate of drug-likeness (QED) is 0.919. The molecule has 1 fully saturated rings. The monoisotopic (exact) mass is 277 g/mol. The van der Waals surface area contributed by atoms with Crippen molar-refractivity contribution >= 4 is 24.8 Å². The summed E-state index contributed by atoms with van der Waals surface area (Å²) in [5.41, 5.74) is 1.40. The number of nitrogens with zero attached hydrogens (tertiary/aromatic N) is 2. The number of piperazine rings is 1. The van der Waals surface area contributed by atoms with Crippen molar-refractivity contribution in [1.29, 1.82) is 0 Å². The summed E-state index contributed by atoms with van der Waals surface area (Å²) in [5.74, 6) is 0. The highest BCUT2D eigenvalue weighted by Crippen LogP contribution is 2.23. The molecule has 1 atom stereocenters. The fourth-order valence-corrected chi connectivity index (χ4v) is 2.28. The molecule has 0 bridgehead atoms. The Kier molecular flexibility index (Phi) is 8.52. The maximum Gasteiger partial charge on any atom is 0.0347 e. The molecule has 3 nitrogen and oxygen atoms in total. The van der Waals surface area contributed by atoms with E-state index in [1.165, 1.54) is 12.0 Å². The van der Waals surface area contributed by atoms with Crippen molar-refractivity contribution in [1.82, 2.24) is 15.2 Å². The summed E-state index contributed by atoms with van der Waals surface area (Å²) in [6, 6.07) is 4.84. The molecule has 1 aromatic rings. The van der Waals surface area contributed by atoms with Crippen LogP contribution in [0.1, 0.15) is 24.9 Å². The van der Waals surface area contributed by atoms with Crippen molar-refractivity contribution in [2.45, 2.75) is 19.4 Å². The van der Waals surface area contributed by atoms with Crippen molar-refractivity contribution in [3.63, 3.8) is 0 Å². The summed E-state index contributed by atoms with van der Waals surface area (Å²) in [4.78, 5) is 6.64. The highest BCUT2D eigenvalue weighted by Gasteiger charge is 2.19. The van der Waals surface area contributed by atoms with Gasteiger partial charge >= 0.3 is 0 Å². The Bertz CT molecular complexity index is 289. The van der Waals surface area contributed by atoms with Gasteiger partial charge in [0.15, 0.2) is 0 Å². The predicted molar refractivity (Wildman–Crippen MR) is 76.2 cm³/mol. The molecule has 1 aliphatic heterocycles. The molecule has 1 N–H and O–H groups in total. The van der Waals surface area contributed by atoms with Crippen LogP contribution in [0.5, 0.6) is 0 Å². The van der Waals surface area contributed by atoms with E-state index in [4.69, 9.17) is 0 Å². The van der Waals surface area contributed by atoms with E-state index in [-0.39, 0.29) is 24.8 Å². The first-order valence-corrected chi connectivity index (χ1v) is 5.76. The number of aromatic nitrogens is 1. The zero-order valence-electron chi connectivity index (χ0n) is 10.1. The molecular formula is C12H21Cl2N3. The van der Waals surface area contributed by atoms with Gasteiger partial charge in [0.1, 0.15) is 0 Å². The van der Waals surface area contributed by atoms with Crippen molar-refractivity contribution < 1.29 is 0 Å². The van der Waals surface area contributed by atoms with Crippen LogP contribution in [0, 0.1) is 0 Å². The molecule has 5 heteroatoms. The van der Waals surface area contributed by atoms with Crippen LogP contribution in [0.3, 0.4) is 0 Å². The molecule has 0 aliphatic carbocycles. The van der Waals surface area contributed by atoms with Crippen molar-refractivity contribution in [3.05, 3.63) is 30.1 Å². The number of hydrogen-bond acceptors (Lipinski definition) is 3. The molecule has 0 saturated carbocycles. The van der Waals surface area contributed by atoms with E-state index in [9.17, 15) is 0 Å². The molecule has 98 valence electrons. The van der Waals surface area contributed by atoms with E-state index in [2.05, 4.69) is 34.3 Å². The Labute approximate surface area is 116 Å². The zero-order valence-corrected chi connectivity index (χ0v) is 11.8. The topological polar surface area (TPSA) is 28.2 Å². The van der Waals surface area contributed by atoms with E-state index in [0.717, 1.165) is 26.2 Å². The van der Waals surface area contributed by atoms with Crippen LogP contribution in [0.15, 0.2) is 24.5 Å². The second-order valence-electron chi connectivity index (χ2n) is 3.99. The molecule has 2 heterocycles. The van der Waals surface area contributed by atoms with E-state index in [1.807, 2.05) is 12.4 Å². The van der Waals surface area contributed by atoms with E-state index in [0.29, 0.717) is 6.04 Å². The van der Waals surface area contributed by atoms with Crippen LogP contribution in [0.4, 0.5) is 0 Å². The number of pyridine rings is 1. The Balaban J connectivity index is 0.00000128. The first-order valence-electron chi connectivity index (χ1n) is 5.76. The van der Waals surface area contributed by atoms with Gasteiger partial charge in [0.05, 0.1) is 0 Å². The lowest BCUT2D eigenvalue weighted by Crippen LogP contribution is -2.45. The van der Waals surface area contributed by atoms with Crippen LogP contribution in [0.25, 0.3) is 0 Å². The lowest BCUT2D eigenvalue weighted by molar-refractivity contribution is 0.169. The smallest absolute Gasteiger partial charge is 0.0347 e. The first-order chi connectivity index (χ1) is 7.42. The van der Waals surface area contributed by atoms with Crippen LogP contribution in [-0.4, -0.2) is 36.1 Å². The maximum absolute atomic E-state index is 4.08. The van der Waals surface area contributed by atoms with Gasteiger partial charge in [0.25, 0.3) is 0 Å². The van der Waals surface area contributed by atoms with Gasteiger partial charge in [-0.05, 0) is 24.1 Å². The van der Waals surface area contributed by atoms with Gasteiger partial charge in [0, 0.05) is 44.6 Å². The molecule has 0 radical (unpaired) electrons. The zero-order chi connectivity index (χ0) is 10.5. The Morgan fingerprint density at radius 2 is 1.82 bits per heavy atom. The molecule has 0 spiro atoms. The summed E-state index contributed by atoms with van der Waals surface area (Å²) in [7, 11) is 0. The third-order valence-corrected chi connectivity index (χ3v) is 3.07. The van der Waals surface area contributed by atoms with E-state index in [1.54, 1.807) is 0 Å². The van der Waals surface area contributed by atoms with Gasteiger partial charge in [-0.3, -0.25) is 9.88 Å². The number of nitrogens with one attached hydrogen (secondary N) is 1. The Morgan fingerprint density at radius 3 is 2.35 bits per heavy atom. The summed E-state index contributed by atoms with van der Waals surface area (Å²) in [6.07, 6.45) is 4.95. The van der Waals surface area contributed by atoms with Crippen LogP contribution < -0.4 is 5.32 Å². The standard InChI is InChI=1S/C12H19N3.2ClH/c1-2-12(11-3-5-13-6-4-11)15-9-7-14-8-10-15;;/h3-6,12,14H,2,7-10H2,1H3;2*1H/t12-;;/m1../s1. The Morgan fingerprint density at radius 1 is 1.24 bits per heavy atom. The molecular weight excluding hydrogens is 257 g/mol. The van der Waals surface area contributed by atoms with Gasteiger partial charge in [-0.1, -0.05) is 6.92 Å². The molecule has 2 rings (SSSR count). The third kappa shape index (κ3) is 4.43. The lowest BCUT2D eigenvalue weighted by atomic mass is 10.0. The molecule has 0 amide bonds. The molecule has 17 heavy (non-hydrogen) atoms. The minimum Gasteiger partial charge on any atom is -0.314 e. The summed E-state index contributed by atoms with van der Waals surface area (Å²) < 4.78 is 0. The van der Waals surface area contributed by atoms with Crippen LogP contribution >= 0.6 is 24.8 Å². The molecule has 1 aromatic heterocycles. The molecule has 0 unspecified atom stereocenters. The highest BCUT2D eigenvalue weighted by molar-refractivity contribution is 5.85. The minimum atomic E-state index is 0. The molecule has 1 aliphatic rings. The maximum atomic E-state index is 4.08. The number of halogens is 2. The van der Waals surface area contributed by atoms with E-state index < -0.39 is 0 Å². The van der Waals surface area contributed by atoms with Gasteiger partial charge in [-0.25, -0.2) is 0 Å². The third-order valence-electron chi connectivity index (χ3n) is 3.07. The summed E-state index contributed by atoms with van der Waals surface area (Å²) in [5, 5.41) is 3.39. The van der Waals surface area contributed by atoms with Crippen LogP contribution in [0.2, 0.25) is 0 Å². The average Bonchev–Trinajstić information content (AvgIpc) is 2.33. The van der Waals surface area contributed by atoms with Gasteiger partial charge in [0.2, 0.25) is 0 Å². The molecule has 0 aromatic carbocycles. The Hall–Kier alpha value is -0.350. The number of rotatable bonds is 3. The van der Waals surface area contributed by atoms with Crippen molar-refractivity contribution in [3.8, 4) is 0 Å². The van der Waals surface area contributed by atoms with Crippen molar-refractivity contribution in [2.75, 3.05) is 26.2 Å². The summed E-state index contributed by atoms with van der Waals surface area (Å²) >= 11 is 0. The van der Waals surface area contributed by atoms with Gasteiger partial charge < -0.3 is 5.32 Å². The second kappa shape index (κ2) is 8.70. The minimum absolute atomic E-state index is 0. The second-order valence-corrected chi connectivity index (χ2v) is 3.99. The molecule has 1 saturated heterocycles. The SMILES string of the molecule is CC[C@H](c1ccncc1)N1CCNCC1.Cl.Cl. The average molecular weight is 278 g/mol. The van der Waals surface area contributed by atoms with Gasteiger partial charge in [-0.2, -0.15) is 0 Å². The highest BCUT2D eigenvalue weighted by atomic mass is 35.5. The predicted octanol–water partition coefficient (Wildman–Crippen LogP) is 2.28. The fraction of sp³-hybridized carbons (Fsp3) is 0.583. The largest absolute Gasteiger partial charge is 0.314 e. The normalized spacial score (nSPS) is 17.7.